The monoisotopic (exact) mass is 577 g/mol. The molecular formula is C33H39NO8. The number of nitrogens with zero attached hydrogens (tertiary/aromatic N) is 1. The van der Waals surface area contributed by atoms with Crippen molar-refractivity contribution in [1.29, 1.82) is 0 Å². The van der Waals surface area contributed by atoms with Crippen molar-refractivity contribution in [2.75, 3.05) is 13.9 Å². The lowest BCUT2D eigenvalue weighted by molar-refractivity contribution is -0.157. The number of hydrogen-bond donors (Lipinski definition) is 0. The third kappa shape index (κ3) is 9.33. The molecule has 0 aliphatic rings. The number of Topliss-reactive ketones (excluding diaryl/α,β-unsaturated/α-hetero) is 1. The molecule has 0 radical (unpaired) electrons. The topological polar surface area (TPSA) is 110 Å². The fraction of sp³-hybridized carbons (Fsp3) is 0.394. The van der Waals surface area contributed by atoms with Gasteiger partial charge in [-0.05, 0) is 37.5 Å². The summed E-state index contributed by atoms with van der Waals surface area (Å²) in [6.45, 7) is 6.37. The van der Waals surface area contributed by atoms with Crippen LogP contribution < -0.4 is 14.2 Å². The summed E-state index contributed by atoms with van der Waals surface area (Å²) in [7, 11) is 1.42. The molecule has 2 aromatic carbocycles. The molecule has 0 amide bonds. The normalized spacial score (nSPS) is 13.6. The van der Waals surface area contributed by atoms with Gasteiger partial charge in [0.25, 0.3) is 0 Å². The number of methoxy groups -OCH3 is 1. The molecule has 4 atom stereocenters. The summed E-state index contributed by atoms with van der Waals surface area (Å²) in [5.41, 5.74) is 1.08. The molecule has 0 spiro atoms. The van der Waals surface area contributed by atoms with Crippen molar-refractivity contribution in [3.63, 3.8) is 0 Å². The first-order chi connectivity index (χ1) is 20.2. The van der Waals surface area contributed by atoms with Crippen LogP contribution in [0.15, 0.2) is 72.9 Å². The second-order valence-corrected chi connectivity index (χ2v) is 9.99. The van der Waals surface area contributed by atoms with Gasteiger partial charge in [-0.3, -0.25) is 14.4 Å². The van der Waals surface area contributed by atoms with Gasteiger partial charge in [-0.2, -0.15) is 0 Å². The summed E-state index contributed by atoms with van der Waals surface area (Å²) >= 11 is 0. The summed E-state index contributed by atoms with van der Waals surface area (Å²) in [5.74, 6) is -1.37. The minimum Gasteiger partial charge on any atom is -0.493 e. The number of carbonyl (C=O) groups is 3. The van der Waals surface area contributed by atoms with Gasteiger partial charge in [0.15, 0.2) is 23.0 Å². The fourth-order valence-corrected chi connectivity index (χ4v) is 4.58. The number of rotatable bonds is 16. The third-order valence-electron chi connectivity index (χ3n) is 6.84. The highest BCUT2D eigenvalue weighted by molar-refractivity contribution is 5.99. The Labute approximate surface area is 247 Å². The maximum absolute atomic E-state index is 13.3. The number of pyridine rings is 1. The summed E-state index contributed by atoms with van der Waals surface area (Å²) in [4.78, 5) is 41.8. The van der Waals surface area contributed by atoms with E-state index in [1.807, 2.05) is 74.5 Å². The first kappa shape index (κ1) is 32.1. The summed E-state index contributed by atoms with van der Waals surface area (Å²) in [6, 6.07) is 21.1. The highest BCUT2D eigenvalue weighted by Crippen LogP contribution is 2.31. The van der Waals surface area contributed by atoms with Gasteiger partial charge in [0.05, 0.1) is 13.0 Å². The van der Waals surface area contributed by atoms with Crippen LogP contribution in [0.1, 0.15) is 56.6 Å². The Hall–Kier alpha value is -4.40. The number of aromatic nitrogens is 1. The van der Waals surface area contributed by atoms with E-state index in [1.165, 1.54) is 26.3 Å². The van der Waals surface area contributed by atoms with Gasteiger partial charge in [-0.25, -0.2) is 4.98 Å². The zero-order valence-electron chi connectivity index (χ0n) is 24.8. The van der Waals surface area contributed by atoms with E-state index in [-0.39, 0.29) is 35.6 Å². The molecule has 9 heteroatoms. The smallest absolute Gasteiger partial charge is 0.309 e. The van der Waals surface area contributed by atoms with Gasteiger partial charge < -0.3 is 23.7 Å². The third-order valence-corrected chi connectivity index (χ3v) is 6.84. The van der Waals surface area contributed by atoms with Crippen LogP contribution >= 0.6 is 0 Å². The van der Waals surface area contributed by atoms with Crippen molar-refractivity contribution in [3.8, 4) is 17.2 Å². The molecule has 0 unspecified atom stereocenters. The quantitative estimate of drug-likeness (QED) is 0.118. The number of carbonyl (C=O) groups excluding carboxylic acids is 3. The minimum atomic E-state index is -0.762. The van der Waals surface area contributed by atoms with Crippen LogP contribution in [0.3, 0.4) is 0 Å². The van der Waals surface area contributed by atoms with E-state index in [9.17, 15) is 14.4 Å². The Morgan fingerprint density at radius 1 is 0.929 bits per heavy atom. The van der Waals surface area contributed by atoms with Crippen molar-refractivity contribution in [2.24, 2.45) is 11.8 Å². The van der Waals surface area contributed by atoms with Crippen LogP contribution in [0, 0.1) is 11.8 Å². The Kier molecular flexibility index (Phi) is 12.3. The predicted octanol–water partition coefficient (Wildman–Crippen LogP) is 5.85. The van der Waals surface area contributed by atoms with Gasteiger partial charge in [-0.1, -0.05) is 62.4 Å². The van der Waals surface area contributed by atoms with Gasteiger partial charge in [0.1, 0.15) is 18.0 Å². The van der Waals surface area contributed by atoms with Gasteiger partial charge in [0.2, 0.25) is 6.79 Å². The second kappa shape index (κ2) is 16.1. The molecule has 0 aliphatic carbocycles. The van der Waals surface area contributed by atoms with Crippen LogP contribution in [0.2, 0.25) is 0 Å². The zero-order chi connectivity index (χ0) is 30.5. The van der Waals surface area contributed by atoms with Gasteiger partial charge in [-0.15, -0.1) is 0 Å². The molecule has 0 saturated carbocycles. The molecule has 1 heterocycles. The second-order valence-electron chi connectivity index (χ2n) is 9.99. The SMILES string of the molecule is CC[C@@H](Oc1ccccc1)[C@@H](Cc1ccccc1)[C@H](C)OC(=O)[C@H](C)CC(=O)c1nccc(OC)c1OCOC(C)=O. The number of para-hydroxylation sites is 1. The van der Waals surface area contributed by atoms with Crippen molar-refractivity contribution >= 4 is 17.7 Å². The number of ketones is 1. The van der Waals surface area contributed by atoms with Crippen LogP contribution in [0.25, 0.3) is 0 Å². The van der Waals surface area contributed by atoms with Crippen LogP contribution in [0.4, 0.5) is 0 Å². The molecule has 0 bridgehead atoms. The lowest BCUT2D eigenvalue weighted by atomic mass is 9.88. The Bertz CT molecular complexity index is 1300. The summed E-state index contributed by atoms with van der Waals surface area (Å²) in [6.07, 6.45) is 1.87. The molecule has 0 fully saturated rings. The fourth-order valence-electron chi connectivity index (χ4n) is 4.58. The zero-order valence-corrected chi connectivity index (χ0v) is 24.8. The van der Waals surface area contributed by atoms with Crippen LogP contribution in [-0.4, -0.2) is 48.8 Å². The van der Waals surface area contributed by atoms with Crippen LogP contribution in [0.5, 0.6) is 17.2 Å². The van der Waals surface area contributed by atoms with Crippen molar-refractivity contribution in [3.05, 3.63) is 84.2 Å². The molecule has 224 valence electrons. The van der Waals surface area contributed by atoms with Gasteiger partial charge >= 0.3 is 11.9 Å². The standard InChI is InChI=1S/C33H39NO8/c1-6-29(42-26-15-11-8-12-16-26)27(20-25-13-9-7-10-14-25)23(3)41-33(37)22(2)19-28(36)31-32(40-21-39-24(4)35)30(38-5)17-18-34-31/h7-18,22-23,27,29H,6,19-21H2,1-5H3/t22-,23+,27+,29-/m1/s1. The van der Waals surface area contributed by atoms with Crippen molar-refractivity contribution < 1.29 is 38.1 Å². The number of esters is 2. The molecule has 0 N–H and O–H groups in total. The Morgan fingerprint density at radius 2 is 1.60 bits per heavy atom. The highest BCUT2D eigenvalue weighted by atomic mass is 16.7. The number of ether oxygens (including phenoxy) is 5. The highest BCUT2D eigenvalue weighted by Gasteiger charge is 2.32. The molecule has 3 rings (SSSR count). The lowest BCUT2D eigenvalue weighted by Crippen LogP contribution is -2.39. The molecule has 0 aliphatic heterocycles. The first-order valence-electron chi connectivity index (χ1n) is 14.0. The van der Waals surface area contributed by atoms with E-state index in [4.69, 9.17) is 23.7 Å². The lowest BCUT2D eigenvalue weighted by Gasteiger charge is -2.32. The van der Waals surface area contributed by atoms with E-state index < -0.39 is 36.5 Å². The number of benzene rings is 2. The van der Waals surface area contributed by atoms with E-state index in [0.717, 1.165) is 11.3 Å². The molecule has 9 nitrogen and oxygen atoms in total. The molecule has 3 aromatic rings. The summed E-state index contributed by atoms with van der Waals surface area (Å²) in [5, 5.41) is 0. The average molecular weight is 578 g/mol. The largest absolute Gasteiger partial charge is 0.493 e. The van der Waals surface area contributed by atoms with E-state index >= 15 is 0 Å². The minimum absolute atomic E-state index is 0.0292. The van der Waals surface area contributed by atoms with Crippen molar-refractivity contribution in [2.45, 2.75) is 59.2 Å². The van der Waals surface area contributed by atoms with Gasteiger partial charge in [0, 0.05) is 31.5 Å². The van der Waals surface area contributed by atoms with Crippen LogP contribution in [-0.2, 0) is 25.5 Å². The Balaban J connectivity index is 1.73. The van der Waals surface area contributed by atoms with E-state index in [1.54, 1.807) is 6.92 Å². The molecule has 1 aromatic heterocycles. The van der Waals surface area contributed by atoms with E-state index in [0.29, 0.717) is 12.8 Å². The Morgan fingerprint density at radius 3 is 2.21 bits per heavy atom. The maximum atomic E-state index is 13.3. The average Bonchev–Trinajstić information content (AvgIpc) is 2.99. The first-order valence-corrected chi connectivity index (χ1v) is 14.0. The molecular weight excluding hydrogens is 538 g/mol. The predicted molar refractivity (Wildman–Crippen MR) is 157 cm³/mol. The maximum Gasteiger partial charge on any atom is 0.309 e. The number of hydrogen-bond acceptors (Lipinski definition) is 9. The molecule has 42 heavy (non-hydrogen) atoms. The summed E-state index contributed by atoms with van der Waals surface area (Å²) < 4.78 is 27.9. The molecule has 0 saturated heterocycles. The van der Waals surface area contributed by atoms with Crippen molar-refractivity contribution in [1.82, 2.24) is 4.98 Å². The van der Waals surface area contributed by atoms with E-state index in [2.05, 4.69) is 4.98 Å².